The second kappa shape index (κ2) is 12.9. The van der Waals surface area contributed by atoms with Crippen LogP contribution in [0.2, 0.25) is 0 Å². The van der Waals surface area contributed by atoms with Crippen LogP contribution in [0.15, 0.2) is 0 Å². The molecule has 0 aliphatic heterocycles. The fourth-order valence-corrected chi connectivity index (χ4v) is 1.42. The standard InChI is InChI=1S/C10H23NO.C2H6/c1-4-7-10(12)9-11(6-3)8-5-2;1-2/h10,12H,4-9H2,1-3H3;1-2H3. The molecule has 0 aromatic heterocycles. The predicted octanol–water partition coefficient (Wildman–Crippen LogP) is 2.91. The summed E-state index contributed by atoms with van der Waals surface area (Å²) < 4.78 is 0. The highest BCUT2D eigenvalue weighted by Crippen LogP contribution is 2.00. The first-order chi connectivity index (χ1) is 6.74. The second-order valence-electron chi connectivity index (χ2n) is 3.34. The number of hydrogen-bond donors (Lipinski definition) is 1. The van der Waals surface area contributed by atoms with Gasteiger partial charge in [0.15, 0.2) is 0 Å². The van der Waals surface area contributed by atoms with Crippen LogP contribution in [0.5, 0.6) is 0 Å². The van der Waals surface area contributed by atoms with Gasteiger partial charge in [-0.05, 0) is 25.9 Å². The molecular weight excluding hydrogens is 174 g/mol. The Balaban J connectivity index is 0. The zero-order valence-electron chi connectivity index (χ0n) is 10.7. The molecule has 0 aromatic rings. The molecule has 0 amide bonds. The molecule has 0 saturated carbocycles. The molecule has 0 radical (unpaired) electrons. The van der Waals surface area contributed by atoms with Crippen molar-refractivity contribution in [1.82, 2.24) is 4.90 Å². The van der Waals surface area contributed by atoms with Gasteiger partial charge in [-0.15, -0.1) is 0 Å². The van der Waals surface area contributed by atoms with Gasteiger partial charge in [-0.1, -0.05) is 41.0 Å². The minimum atomic E-state index is -0.124. The summed E-state index contributed by atoms with van der Waals surface area (Å²) in [5, 5.41) is 9.54. The molecule has 1 N–H and O–H groups in total. The molecule has 0 fully saturated rings. The molecule has 14 heavy (non-hydrogen) atoms. The van der Waals surface area contributed by atoms with E-state index in [0.29, 0.717) is 0 Å². The van der Waals surface area contributed by atoms with Crippen molar-refractivity contribution in [1.29, 1.82) is 0 Å². The van der Waals surface area contributed by atoms with Crippen molar-refractivity contribution >= 4 is 0 Å². The van der Waals surface area contributed by atoms with Crippen molar-refractivity contribution in [3.05, 3.63) is 0 Å². The Morgan fingerprint density at radius 2 is 1.64 bits per heavy atom. The first kappa shape index (κ1) is 16.4. The Labute approximate surface area is 90.3 Å². The molecule has 2 heteroatoms. The van der Waals surface area contributed by atoms with Gasteiger partial charge < -0.3 is 10.0 Å². The maximum atomic E-state index is 9.54. The molecule has 0 bridgehead atoms. The van der Waals surface area contributed by atoms with E-state index in [4.69, 9.17) is 0 Å². The summed E-state index contributed by atoms with van der Waals surface area (Å²) in [5.74, 6) is 0. The summed E-state index contributed by atoms with van der Waals surface area (Å²) in [4.78, 5) is 2.31. The molecule has 0 aliphatic carbocycles. The van der Waals surface area contributed by atoms with Crippen LogP contribution in [0, 0.1) is 0 Å². The summed E-state index contributed by atoms with van der Waals surface area (Å²) in [6.45, 7) is 13.4. The first-order valence-corrected chi connectivity index (χ1v) is 6.14. The lowest BCUT2D eigenvalue weighted by Crippen LogP contribution is -2.32. The third kappa shape index (κ3) is 10.0. The Morgan fingerprint density at radius 3 is 2.00 bits per heavy atom. The van der Waals surface area contributed by atoms with E-state index in [1.165, 1.54) is 6.42 Å². The third-order valence-corrected chi connectivity index (χ3v) is 2.08. The fraction of sp³-hybridized carbons (Fsp3) is 1.00. The molecule has 0 aliphatic rings. The van der Waals surface area contributed by atoms with E-state index in [9.17, 15) is 5.11 Å². The van der Waals surface area contributed by atoms with Crippen molar-refractivity contribution in [2.45, 2.75) is 60.0 Å². The van der Waals surface area contributed by atoms with Gasteiger partial charge in [0.05, 0.1) is 6.10 Å². The molecular formula is C12H29NO. The van der Waals surface area contributed by atoms with Gasteiger partial charge in [0.1, 0.15) is 0 Å². The number of hydrogen-bond acceptors (Lipinski definition) is 2. The van der Waals surface area contributed by atoms with E-state index in [1.807, 2.05) is 13.8 Å². The van der Waals surface area contributed by atoms with Crippen LogP contribution in [-0.2, 0) is 0 Å². The molecule has 88 valence electrons. The number of likely N-dealkylation sites (N-methyl/N-ethyl adjacent to an activating group) is 1. The molecule has 1 atom stereocenters. The summed E-state index contributed by atoms with van der Waals surface area (Å²) in [5.41, 5.74) is 0. The second-order valence-corrected chi connectivity index (χ2v) is 3.34. The molecule has 2 nitrogen and oxygen atoms in total. The lowest BCUT2D eigenvalue weighted by atomic mass is 10.2. The number of nitrogens with zero attached hydrogens (tertiary/aromatic N) is 1. The average molecular weight is 203 g/mol. The van der Waals surface area contributed by atoms with Gasteiger partial charge in [0, 0.05) is 6.54 Å². The van der Waals surface area contributed by atoms with Gasteiger partial charge in [-0.3, -0.25) is 0 Å². The first-order valence-electron chi connectivity index (χ1n) is 6.14. The van der Waals surface area contributed by atoms with Crippen LogP contribution in [0.25, 0.3) is 0 Å². The van der Waals surface area contributed by atoms with Gasteiger partial charge in [-0.2, -0.15) is 0 Å². The Hall–Kier alpha value is -0.0800. The highest BCUT2D eigenvalue weighted by atomic mass is 16.3. The molecule has 0 heterocycles. The van der Waals surface area contributed by atoms with Crippen molar-refractivity contribution in [2.24, 2.45) is 0 Å². The van der Waals surface area contributed by atoms with Crippen molar-refractivity contribution in [2.75, 3.05) is 19.6 Å². The highest BCUT2D eigenvalue weighted by molar-refractivity contribution is 4.62. The zero-order valence-corrected chi connectivity index (χ0v) is 10.7. The third-order valence-electron chi connectivity index (χ3n) is 2.08. The van der Waals surface area contributed by atoms with Crippen LogP contribution in [-0.4, -0.2) is 35.7 Å². The van der Waals surface area contributed by atoms with Gasteiger partial charge >= 0.3 is 0 Å². The minimum absolute atomic E-state index is 0.124. The monoisotopic (exact) mass is 203 g/mol. The number of aliphatic hydroxyl groups is 1. The zero-order chi connectivity index (χ0) is 11.4. The Kier molecular flexibility index (Phi) is 15.1. The van der Waals surface area contributed by atoms with Gasteiger partial charge in [0.25, 0.3) is 0 Å². The summed E-state index contributed by atoms with van der Waals surface area (Å²) in [6.07, 6.45) is 3.05. The van der Waals surface area contributed by atoms with Gasteiger partial charge in [-0.25, -0.2) is 0 Å². The van der Waals surface area contributed by atoms with E-state index in [2.05, 4.69) is 25.7 Å². The Bertz CT molecular complexity index is 96.3. The van der Waals surface area contributed by atoms with E-state index in [-0.39, 0.29) is 6.10 Å². The average Bonchev–Trinajstić information content (AvgIpc) is 2.20. The quantitative estimate of drug-likeness (QED) is 0.688. The SMILES string of the molecule is CC.CCCC(O)CN(CC)CCC. The van der Waals surface area contributed by atoms with E-state index < -0.39 is 0 Å². The molecule has 0 aromatic carbocycles. The lowest BCUT2D eigenvalue weighted by molar-refractivity contribution is 0.107. The highest BCUT2D eigenvalue weighted by Gasteiger charge is 2.07. The van der Waals surface area contributed by atoms with Crippen molar-refractivity contribution < 1.29 is 5.11 Å². The molecule has 0 saturated heterocycles. The van der Waals surface area contributed by atoms with Crippen molar-refractivity contribution in [3.63, 3.8) is 0 Å². The van der Waals surface area contributed by atoms with E-state index in [0.717, 1.165) is 32.5 Å². The topological polar surface area (TPSA) is 23.5 Å². The number of rotatable bonds is 7. The maximum Gasteiger partial charge on any atom is 0.0667 e. The van der Waals surface area contributed by atoms with Gasteiger partial charge in [0.2, 0.25) is 0 Å². The summed E-state index contributed by atoms with van der Waals surface area (Å²) in [7, 11) is 0. The Morgan fingerprint density at radius 1 is 1.07 bits per heavy atom. The van der Waals surface area contributed by atoms with Crippen LogP contribution in [0.1, 0.15) is 53.9 Å². The fourth-order valence-electron chi connectivity index (χ4n) is 1.42. The lowest BCUT2D eigenvalue weighted by Gasteiger charge is -2.22. The maximum absolute atomic E-state index is 9.54. The summed E-state index contributed by atoms with van der Waals surface area (Å²) in [6, 6.07) is 0. The van der Waals surface area contributed by atoms with Crippen LogP contribution in [0.4, 0.5) is 0 Å². The minimum Gasteiger partial charge on any atom is -0.392 e. The normalized spacial score (nSPS) is 12.2. The van der Waals surface area contributed by atoms with Crippen LogP contribution in [0.3, 0.4) is 0 Å². The molecule has 0 rings (SSSR count). The van der Waals surface area contributed by atoms with Crippen LogP contribution >= 0.6 is 0 Å². The van der Waals surface area contributed by atoms with Crippen LogP contribution < -0.4 is 0 Å². The summed E-state index contributed by atoms with van der Waals surface area (Å²) >= 11 is 0. The predicted molar refractivity (Wildman–Crippen MR) is 64.7 cm³/mol. The number of aliphatic hydroxyl groups excluding tert-OH is 1. The molecule has 1 unspecified atom stereocenters. The largest absolute Gasteiger partial charge is 0.392 e. The molecule has 0 spiro atoms. The van der Waals surface area contributed by atoms with E-state index >= 15 is 0 Å². The van der Waals surface area contributed by atoms with Crippen molar-refractivity contribution in [3.8, 4) is 0 Å². The van der Waals surface area contributed by atoms with E-state index in [1.54, 1.807) is 0 Å². The smallest absolute Gasteiger partial charge is 0.0667 e.